The summed E-state index contributed by atoms with van der Waals surface area (Å²) in [7, 11) is -3.21. The predicted octanol–water partition coefficient (Wildman–Crippen LogP) is 4.00. The molecule has 1 aromatic carbocycles. The molecule has 18 heavy (non-hydrogen) atoms. The Morgan fingerprint density at radius 1 is 1.33 bits per heavy atom. The Hall–Kier alpha value is -0.270. The van der Waals surface area contributed by atoms with Crippen molar-refractivity contribution in [2.24, 2.45) is 0 Å². The van der Waals surface area contributed by atoms with E-state index in [1.165, 1.54) is 6.07 Å². The van der Waals surface area contributed by atoms with E-state index in [9.17, 15) is 13.9 Å². The van der Waals surface area contributed by atoms with E-state index < -0.39 is 10.8 Å². The zero-order valence-corrected chi connectivity index (χ0v) is 12.6. The molecule has 0 saturated heterocycles. The van der Waals surface area contributed by atoms with Crippen molar-refractivity contribution in [3.63, 3.8) is 0 Å². The van der Waals surface area contributed by atoms with Crippen molar-refractivity contribution in [3.05, 3.63) is 28.8 Å². The van der Waals surface area contributed by atoms with Crippen LogP contribution in [0.4, 0.5) is 0 Å². The van der Waals surface area contributed by atoms with Gasteiger partial charge in [-0.15, -0.1) is 0 Å². The van der Waals surface area contributed by atoms with Crippen LogP contribution in [0.5, 0.6) is 0 Å². The van der Waals surface area contributed by atoms with Gasteiger partial charge in [0.2, 0.25) is 0 Å². The van der Waals surface area contributed by atoms with Gasteiger partial charge >= 0.3 is 0 Å². The first kappa shape index (κ1) is 14.1. The average molecular weight is 355 g/mol. The van der Waals surface area contributed by atoms with Crippen LogP contribution in [0.15, 0.2) is 23.1 Å². The molecular weight excluding hydrogens is 342 g/mol. The highest BCUT2D eigenvalue weighted by molar-refractivity contribution is 9.09. The van der Waals surface area contributed by atoms with E-state index in [4.69, 9.17) is 11.6 Å². The van der Waals surface area contributed by atoms with Crippen molar-refractivity contribution in [2.75, 3.05) is 11.9 Å². The zero-order valence-electron chi connectivity index (χ0n) is 9.47. The lowest BCUT2D eigenvalue weighted by molar-refractivity contribution is 0.0861. The van der Waals surface area contributed by atoms with Crippen LogP contribution in [0.2, 0.25) is 5.02 Å². The summed E-state index contributed by atoms with van der Waals surface area (Å²) in [6, 6.07) is 4.57. The third-order valence-electron chi connectivity index (χ3n) is 2.75. The first-order chi connectivity index (χ1) is 8.48. The molecular formula is C11H13BrClNO3S. The number of hydrogen-bond acceptors (Lipinski definition) is 3. The highest BCUT2D eigenvalue weighted by Gasteiger charge is 2.40. The van der Waals surface area contributed by atoms with Gasteiger partial charge in [-0.25, -0.2) is 4.31 Å². The second-order valence-corrected chi connectivity index (χ2v) is 7.11. The van der Waals surface area contributed by atoms with E-state index in [0.29, 0.717) is 23.6 Å². The van der Waals surface area contributed by atoms with Crippen LogP contribution in [0.25, 0.3) is 0 Å². The number of nitrogens with zero attached hydrogens (tertiary/aromatic N) is 1. The summed E-state index contributed by atoms with van der Waals surface area (Å²) in [6.45, 7) is 0.332. The zero-order chi connectivity index (χ0) is 13.3. The largest absolute Gasteiger partial charge is 0.277 e. The van der Waals surface area contributed by atoms with Crippen molar-refractivity contribution >= 4 is 44.2 Å². The fourth-order valence-corrected chi connectivity index (χ4v) is 4.17. The molecule has 0 fully saturated rings. The van der Waals surface area contributed by atoms with Gasteiger partial charge in [0.05, 0.1) is 10.5 Å². The highest BCUT2D eigenvalue weighted by Crippen LogP contribution is 2.58. The Morgan fingerprint density at radius 2 is 2.06 bits per heavy atom. The molecule has 4 nitrogen and oxygen atoms in total. The lowest BCUT2D eigenvalue weighted by atomic mass is 10.2. The van der Waals surface area contributed by atoms with E-state index in [2.05, 4.69) is 15.9 Å². The summed E-state index contributed by atoms with van der Waals surface area (Å²) in [6.07, 6.45) is 1.59. The fourth-order valence-electron chi connectivity index (χ4n) is 1.85. The Bertz CT molecular complexity index is 483. The SMILES string of the molecule is O=C1c2ccc(Cl)cc2S(O)(O)N1CCCCBr. The minimum atomic E-state index is -3.21. The van der Waals surface area contributed by atoms with Crippen molar-refractivity contribution in [3.8, 4) is 0 Å². The van der Waals surface area contributed by atoms with E-state index in [-0.39, 0.29) is 10.8 Å². The molecule has 1 amide bonds. The van der Waals surface area contributed by atoms with Crippen LogP contribution in [0.1, 0.15) is 23.2 Å². The summed E-state index contributed by atoms with van der Waals surface area (Å²) in [4.78, 5) is 12.3. The van der Waals surface area contributed by atoms with Crippen LogP contribution in [-0.4, -0.2) is 31.2 Å². The lowest BCUT2D eigenvalue weighted by Gasteiger charge is -2.36. The molecule has 2 rings (SSSR count). The topological polar surface area (TPSA) is 60.8 Å². The number of unbranched alkanes of at least 4 members (excludes halogenated alkanes) is 1. The summed E-state index contributed by atoms with van der Waals surface area (Å²) in [5.74, 6) is -0.337. The summed E-state index contributed by atoms with van der Waals surface area (Å²) < 4.78 is 21.5. The first-order valence-corrected chi connectivity index (χ1v) is 8.44. The number of benzene rings is 1. The van der Waals surface area contributed by atoms with Crippen molar-refractivity contribution < 1.29 is 13.9 Å². The van der Waals surface area contributed by atoms with Crippen molar-refractivity contribution in [1.29, 1.82) is 0 Å². The minimum Gasteiger partial charge on any atom is -0.277 e. The van der Waals surface area contributed by atoms with Gasteiger partial charge in [0.1, 0.15) is 0 Å². The molecule has 1 heterocycles. The molecule has 0 atom stereocenters. The predicted molar refractivity (Wildman–Crippen MR) is 76.6 cm³/mol. The second-order valence-electron chi connectivity index (χ2n) is 3.96. The molecule has 0 unspecified atom stereocenters. The molecule has 1 aliphatic rings. The smallest absolute Gasteiger partial charge is 0.274 e. The third-order valence-corrected chi connectivity index (χ3v) is 5.43. The normalized spacial score (nSPS) is 18.9. The first-order valence-electron chi connectivity index (χ1n) is 5.44. The maximum atomic E-state index is 12.1. The molecule has 2 N–H and O–H groups in total. The number of fused-ring (bicyclic) bond motifs is 1. The van der Waals surface area contributed by atoms with Crippen LogP contribution in [0, 0.1) is 0 Å². The fraction of sp³-hybridized carbons (Fsp3) is 0.364. The van der Waals surface area contributed by atoms with E-state index >= 15 is 0 Å². The van der Waals surface area contributed by atoms with Gasteiger partial charge in [-0.1, -0.05) is 38.3 Å². The molecule has 0 saturated carbocycles. The summed E-state index contributed by atoms with van der Waals surface area (Å²) in [5, 5.41) is 1.22. The standard InChI is InChI=1S/C11H13BrClNO3S/c12-5-1-2-6-14-11(15)9-4-3-8(13)7-10(9)18(14,16)17/h3-4,7,16-17H,1-2,5-6H2. The molecule has 7 heteroatoms. The van der Waals surface area contributed by atoms with E-state index in [1.54, 1.807) is 12.1 Å². The molecule has 1 aromatic rings. The summed E-state index contributed by atoms with van der Waals surface area (Å²) >= 11 is 9.13. The summed E-state index contributed by atoms with van der Waals surface area (Å²) in [5.41, 5.74) is 0.332. The van der Waals surface area contributed by atoms with Crippen LogP contribution >= 0.6 is 38.3 Å². The molecule has 0 radical (unpaired) electrons. The van der Waals surface area contributed by atoms with E-state index in [0.717, 1.165) is 16.1 Å². The van der Waals surface area contributed by atoms with Crippen molar-refractivity contribution in [1.82, 2.24) is 4.31 Å². The second kappa shape index (κ2) is 5.38. The lowest BCUT2D eigenvalue weighted by Crippen LogP contribution is -2.28. The quantitative estimate of drug-likeness (QED) is 0.635. The van der Waals surface area contributed by atoms with Crippen LogP contribution in [-0.2, 0) is 0 Å². The van der Waals surface area contributed by atoms with Crippen molar-refractivity contribution in [2.45, 2.75) is 17.7 Å². The molecule has 0 aliphatic carbocycles. The van der Waals surface area contributed by atoms with Gasteiger partial charge in [0.15, 0.2) is 0 Å². The molecule has 100 valence electrons. The number of hydrogen-bond donors (Lipinski definition) is 2. The van der Waals surface area contributed by atoms with Gasteiger partial charge in [-0.2, -0.15) is 0 Å². The number of amides is 1. The van der Waals surface area contributed by atoms with Crippen LogP contribution in [0.3, 0.4) is 0 Å². The number of rotatable bonds is 4. The molecule has 0 bridgehead atoms. The maximum Gasteiger partial charge on any atom is 0.274 e. The Morgan fingerprint density at radius 3 is 2.72 bits per heavy atom. The number of carbonyl (C=O) groups is 1. The van der Waals surface area contributed by atoms with Gasteiger partial charge in [-0.05, 0) is 31.0 Å². The Kier molecular flexibility index (Phi) is 4.23. The third kappa shape index (κ3) is 2.40. The van der Waals surface area contributed by atoms with Crippen LogP contribution < -0.4 is 0 Å². The number of alkyl halides is 1. The van der Waals surface area contributed by atoms with Gasteiger partial charge in [-0.3, -0.25) is 13.9 Å². The van der Waals surface area contributed by atoms with Gasteiger partial charge < -0.3 is 0 Å². The van der Waals surface area contributed by atoms with Gasteiger partial charge in [0, 0.05) is 16.9 Å². The number of carbonyl (C=O) groups excluding carboxylic acids is 1. The Balaban J connectivity index is 2.29. The molecule has 0 spiro atoms. The maximum absolute atomic E-state index is 12.1. The monoisotopic (exact) mass is 353 g/mol. The van der Waals surface area contributed by atoms with Gasteiger partial charge in [0.25, 0.3) is 5.91 Å². The van der Waals surface area contributed by atoms with E-state index in [1.807, 2.05) is 0 Å². The number of halogens is 2. The molecule has 1 aliphatic heterocycles. The average Bonchev–Trinajstić information content (AvgIpc) is 2.50. The minimum absolute atomic E-state index is 0.235. The molecule has 0 aromatic heterocycles. The Labute approximate surface area is 121 Å². The highest BCUT2D eigenvalue weighted by atomic mass is 79.9.